The van der Waals surface area contributed by atoms with Gasteiger partial charge in [-0.05, 0) is 42.7 Å². The summed E-state index contributed by atoms with van der Waals surface area (Å²) in [5, 5.41) is 9.14. The fourth-order valence-corrected chi connectivity index (χ4v) is 2.50. The van der Waals surface area contributed by atoms with E-state index in [1.54, 1.807) is 0 Å². The van der Waals surface area contributed by atoms with Crippen LogP contribution in [0.3, 0.4) is 0 Å². The van der Waals surface area contributed by atoms with Crippen LogP contribution in [0.25, 0.3) is 0 Å². The maximum absolute atomic E-state index is 12.3. The molecule has 0 aliphatic heterocycles. The Kier molecular flexibility index (Phi) is 3.43. The van der Waals surface area contributed by atoms with Gasteiger partial charge >= 0.3 is 6.18 Å². The minimum Gasteiger partial charge on any atom is -0.384 e. The van der Waals surface area contributed by atoms with Crippen LogP contribution in [0.4, 0.5) is 13.2 Å². The zero-order valence-corrected chi connectivity index (χ0v) is 9.37. The van der Waals surface area contributed by atoms with Gasteiger partial charge in [0.1, 0.15) is 6.10 Å². The largest absolute Gasteiger partial charge is 0.414 e. The Balaban J connectivity index is 2.14. The molecule has 94 valence electrons. The molecule has 0 bridgehead atoms. The summed E-state index contributed by atoms with van der Waals surface area (Å²) < 4.78 is 37.0. The normalized spacial score (nSPS) is 22.0. The van der Waals surface area contributed by atoms with E-state index in [0.717, 1.165) is 30.4 Å². The van der Waals surface area contributed by atoms with Crippen LogP contribution in [0.15, 0.2) is 24.3 Å². The van der Waals surface area contributed by atoms with E-state index in [1.165, 1.54) is 0 Å². The van der Waals surface area contributed by atoms with E-state index in [9.17, 15) is 13.2 Å². The second-order valence-electron chi connectivity index (χ2n) is 4.58. The average molecular weight is 244 g/mol. The number of fused-ring (bicyclic) bond motifs is 1. The van der Waals surface area contributed by atoms with Crippen molar-refractivity contribution in [1.29, 1.82) is 0 Å². The fraction of sp³-hybridized carbons (Fsp3) is 0.538. The molecule has 17 heavy (non-hydrogen) atoms. The Morgan fingerprint density at radius 2 is 2.00 bits per heavy atom. The first-order chi connectivity index (χ1) is 7.98. The highest BCUT2D eigenvalue weighted by atomic mass is 19.4. The van der Waals surface area contributed by atoms with Gasteiger partial charge in [0.15, 0.2) is 0 Å². The molecule has 0 amide bonds. The quantitative estimate of drug-likeness (QED) is 0.845. The molecule has 1 aliphatic rings. The van der Waals surface area contributed by atoms with E-state index in [2.05, 4.69) is 0 Å². The van der Waals surface area contributed by atoms with Gasteiger partial charge in [-0.2, -0.15) is 13.2 Å². The molecular weight excluding hydrogens is 229 g/mol. The highest BCUT2D eigenvalue weighted by molar-refractivity contribution is 5.32. The average Bonchev–Trinajstić information content (AvgIpc) is 2.28. The Hall–Kier alpha value is -1.03. The lowest BCUT2D eigenvalue weighted by molar-refractivity contribution is -0.206. The van der Waals surface area contributed by atoms with Crippen molar-refractivity contribution in [2.75, 3.05) is 0 Å². The molecule has 2 unspecified atom stereocenters. The van der Waals surface area contributed by atoms with Crippen molar-refractivity contribution in [3.63, 3.8) is 0 Å². The predicted molar refractivity (Wildman–Crippen MR) is 58.8 cm³/mol. The molecule has 1 aromatic carbocycles. The van der Waals surface area contributed by atoms with Crippen LogP contribution < -0.4 is 0 Å². The first-order valence-electron chi connectivity index (χ1n) is 5.81. The van der Waals surface area contributed by atoms with Gasteiger partial charge in [0.2, 0.25) is 0 Å². The van der Waals surface area contributed by atoms with Crippen molar-refractivity contribution in [1.82, 2.24) is 0 Å². The minimum atomic E-state index is -4.51. The minimum absolute atomic E-state index is 0.170. The lowest BCUT2D eigenvalue weighted by Gasteiger charge is -2.27. The first-order valence-corrected chi connectivity index (χ1v) is 5.81. The van der Waals surface area contributed by atoms with Gasteiger partial charge in [-0.1, -0.05) is 24.3 Å². The summed E-state index contributed by atoms with van der Waals surface area (Å²) in [5.74, 6) is -0.170. The summed E-state index contributed by atoms with van der Waals surface area (Å²) in [5.41, 5.74) is 2.10. The molecule has 1 aromatic rings. The van der Waals surface area contributed by atoms with Crippen LogP contribution in [0, 0.1) is 0 Å². The van der Waals surface area contributed by atoms with E-state index in [-0.39, 0.29) is 12.3 Å². The number of aliphatic hydroxyl groups is 1. The van der Waals surface area contributed by atoms with Gasteiger partial charge in [0, 0.05) is 0 Å². The molecule has 1 nitrogen and oxygen atoms in total. The number of hydrogen-bond acceptors (Lipinski definition) is 1. The highest BCUT2D eigenvalue weighted by Gasteiger charge is 2.40. The number of benzene rings is 1. The lowest BCUT2D eigenvalue weighted by Crippen LogP contribution is -2.31. The number of halogens is 3. The van der Waals surface area contributed by atoms with Gasteiger partial charge in [0.25, 0.3) is 0 Å². The summed E-state index contributed by atoms with van der Waals surface area (Å²) >= 11 is 0. The van der Waals surface area contributed by atoms with Crippen molar-refractivity contribution in [2.24, 2.45) is 0 Å². The Labute approximate surface area is 98.3 Å². The van der Waals surface area contributed by atoms with Crippen molar-refractivity contribution in [2.45, 2.75) is 43.9 Å². The first kappa shape index (κ1) is 12.4. The van der Waals surface area contributed by atoms with E-state index in [1.807, 2.05) is 24.3 Å². The summed E-state index contributed by atoms with van der Waals surface area (Å²) in [6.07, 6.45) is -4.39. The van der Waals surface area contributed by atoms with Crippen LogP contribution in [0.1, 0.15) is 36.3 Å². The maximum Gasteiger partial charge on any atom is 0.414 e. The monoisotopic (exact) mass is 244 g/mol. The molecule has 0 saturated heterocycles. The Morgan fingerprint density at radius 1 is 1.29 bits per heavy atom. The number of rotatable bonds is 2. The molecule has 2 rings (SSSR count). The molecule has 0 heterocycles. The van der Waals surface area contributed by atoms with Crippen molar-refractivity contribution in [3.8, 4) is 0 Å². The second-order valence-corrected chi connectivity index (χ2v) is 4.58. The Bertz CT molecular complexity index is 386. The van der Waals surface area contributed by atoms with Crippen molar-refractivity contribution < 1.29 is 18.3 Å². The molecule has 0 fully saturated rings. The summed E-state index contributed by atoms with van der Waals surface area (Å²) in [6.45, 7) is 0. The van der Waals surface area contributed by atoms with Gasteiger partial charge in [0.05, 0.1) is 0 Å². The molecule has 0 radical (unpaired) electrons. The third-order valence-corrected chi connectivity index (χ3v) is 3.38. The molecule has 0 saturated carbocycles. The number of hydrogen-bond donors (Lipinski definition) is 1. The molecule has 4 heteroatoms. The van der Waals surface area contributed by atoms with E-state index >= 15 is 0 Å². The second kappa shape index (κ2) is 4.69. The molecule has 0 spiro atoms. The van der Waals surface area contributed by atoms with E-state index in [0.29, 0.717) is 0 Å². The molecule has 0 aromatic heterocycles. The fourth-order valence-electron chi connectivity index (χ4n) is 2.50. The van der Waals surface area contributed by atoms with Crippen LogP contribution in [0.2, 0.25) is 0 Å². The van der Waals surface area contributed by atoms with Gasteiger partial charge in [-0.3, -0.25) is 0 Å². The summed E-state index contributed by atoms with van der Waals surface area (Å²) in [6, 6.07) is 7.59. The van der Waals surface area contributed by atoms with Crippen molar-refractivity contribution >= 4 is 0 Å². The zero-order valence-electron chi connectivity index (χ0n) is 9.37. The third-order valence-electron chi connectivity index (χ3n) is 3.38. The summed E-state index contributed by atoms with van der Waals surface area (Å²) in [4.78, 5) is 0. The van der Waals surface area contributed by atoms with Gasteiger partial charge in [-0.15, -0.1) is 0 Å². The molecule has 1 N–H and O–H groups in total. The Morgan fingerprint density at radius 3 is 2.71 bits per heavy atom. The van der Waals surface area contributed by atoms with Crippen LogP contribution in [0.5, 0.6) is 0 Å². The van der Waals surface area contributed by atoms with Crippen molar-refractivity contribution in [3.05, 3.63) is 35.4 Å². The SMILES string of the molecule is OC(CC1CCCc2ccccc21)C(F)(F)F. The third kappa shape index (κ3) is 2.80. The summed E-state index contributed by atoms with van der Waals surface area (Å²) in [7, 11) is 0. The number of aliphatic hydroxyl groups excluding tert-OH is 1. The molecular formula is C13H15F3O. The van der Waals surface area contributed by atoms with E-state index < -0.39 is 12.3 Å². The topological polar surface area (TPSA) is 20.2 Å². The molecule has 1 aliphatic carbocycles. The molecule has 2 atom stereocenters. The van der Waals surface area contributed by atoms with Gasteiger partial charge < -0.3 is 5.11 Å². The van der Waals surface area contributed by atoms with Crippen LogP contribution in [-0.2, 0) is 6.42 Å². The standard InChI is InChI=1S/C13H15F3O/c14-13(15,16)12(17)8-10-6-3-5-9-4-1-2-7-11(9)10/h1-2,4,7,10,12,17H,3,5-6,8H2. The number of alkyl halides is 3. The smallest absolute Gasteiger partial charge is 0.384 e. The maximum atomic E-state index is 12.3. The lowest BCUT2D eigenvalue weighted by atomic mass is 9.80. The van der Waals surface area contributed by atoms with Gasteiger partial charge in [-0.25, -0.2) is 0 Å². The predicted octanol–water partition coefficient (Wildman–Crippen LogP) is 3.42. The van der Waals surface area contributed by atoms with E-state index in [4.69, 9.17) is 5.11 Å². The zero-order chi connectivity index (χ0) is 12.5. The highest BCUT2D eigenvalue weighted by Crippen LogP contribution is 2.37. The van der Waals surface area contributed by atoms with Crippen LogP contribution in [-0.4, -0.2) is 17.4 Å². The van der Waals surface area contributed by atoms with Crippen LogP contribution >= 0.6 is 0 Å². The number of aryl methyl sites for hydroxylation is 1.